The first kappa shape index (κ1) is 14.2. The number of carbonyl (C=O) groups excluding carboxylic acids is 1. The molecule has 4 nitrogen and oxygen atoms in total. The van der Waals surface area contributed by atoms with Crippen molar-refractivity contribution in [2.24, 2.45) is 5.92 Å². The van der Waals surface area contributed by atoms with Crippen molar-refractivity contribution in [3.8, 4) is 0 Å². The predicted molar refractivity (Wildman–Crippen MR) is 66.8 cm³/mol. The molecular weight excluding hydrogens is 218 g/mol. The number of hydrogen-bond acceptors (Lipinski definition) is 4. The van der Waals surface area contributed by atoms with Crippen LogP contribution >= 0.6 is 0 Å². The molecule has 0 bridgehead atoms. The lowest BCUT2D eigenvalue weighted by molar-refractivity contribution is -0.161. The van der Waals surface area contributed by atoms with Crippen LogP contribution in [0.5, 0.6) is 0 Å². The van der Waals surface area contributed by atoms with Gasteiger partial charge in [0.05, 0.1) is 13.7 Å². The molecule has 4 heteroatoms. The monoisotopic (exact) mass is 241 g/mol. The summed E-state index contributed by atoms with van der Waals surface area (Å²) in [5.74, 6) is 0.252. The molecule has 1 fully saturated rings. The van der Waals surface area contributed by atoms with E-state index in [9.17, 15) is 4.79 Å². The van der Waals surface area contributed by atoms with E-state index < -0.39 is 6.10 Å². The predicted octanol–water partition coefficient (Wildman–Crippen LogP) is 1.46. The molecule has 0 spiro atoms. The molecule has 0 aliphatic carbocycles. The lowest BCUT2D eigenvalue weighted by Crippen LogP contribution is -2.51. The van der Waals surface area contributed by atoms with Crippen LogP contribution in [0.2, 0.25) is 0 Å². The number of hydrogen-bond donors (Lipinski definition) is 0. The minimum atomic E-state index is -0.438. The normalized spacial score (nSPS) is 25.0. The zero-order valence-corrected chi connectivity index (χ0v) is 11.0. The number of esters is 1. The summed E-state index contributed by atoms with van der Waals surface area (Å²) < 4.78 is 10.1. The van der Waals surface area contributed by atoms with E-state index in [1.165, 1.54) is 7.11 Å². The fraction of sp³-hybridized carbons (Fsp3) is 0.769. The van der Waals surface area contributed by atoms with E-state index in [1.54, 1.807) is 0 Å². The molecule has 0 radical (unpaired) electrons. The Morgan fingerprint density at radius 3 is 2.94 bits per heavy atom. The number of nitrogens with zero attached hydrogens (tertiary/aromatic N) is 1. The lowest BCUT2D eigenvalue weighted by atomic mass is 9.97. The molecule has 1 heterocycles. The second-order valence-electron chi connectivity index (χ2n) is 4.62. The van der Waals surface area contributed by atoms with E-state index in [0.717, 1.165) is 13.0 Å². The number of carbonyl (C=O) groups is 1. The van der Waals surface area contributed by atoms with Gasteiger partial charge in [-0.2, -0.15) is 0 Å². The summed E-state index contributed by atoms with van der Waals surface area (Å²) >= 11 is 0. The van der Waals surface area contributed by atoms with Gasteiger partial charge < -0.3 is 9.47 Å². The van der Waals surface area contributed by atoms with Crippen molar-refractivity contribution >= 4 is 5.97 Å². The van der Waals surface area contributed by atoms with Crippen molar-refractivity contribution in [1.82, 2.24) is 4.90 Å². The summed E-state index contributed by atoms with van der Waals surface area (Å²) in [6.45, 7) is 10.2. The molecule has 0 amide bonds. The maximum Gasteiger partial charge on any atom is 0.336 e. The molecule has 1 rings (SSSR count). The van der Waals surface area contributed by atoms with Crippen LogP contribution in [-0.4, -0.2) is 49.8 Å². The third kappa shape index (κ3) is 3.82. The third-order valence-corrected chi connectivity index (χ3v) is 3.50. The van der Waals surface area contributed by atoms with Gasteiger partial charge in [-0.15, -0.1) is 6.58 Å². The van der Waals surface area contributed by atoms with Crippen molar-refractivity contribution in [3.05, 3.63) is 12.7 Å². The Morgan fingerprint density at radius 1 is 1.65 bits per heavy atom. The first-order valence-corrected chi connectivity index (χ1v) is 6.14. The van der Waals surface area contributed by atoms with Gasteiger partial charge in [-0.1, -0.05) is 13.0 Å². The van der Waals surface area contributed by atoms with Gasteiger partial charge in [0.25, 0.3) is 0 Å². The molecule has 98 valence electrons. The van der Waals surface area contributed by atoms with Gasteiger partial charge in [-0.25, -0.2) is 4.79 Å². The summed E-state index contributed by atoms with van der Waals surface area (Å²) in [6, 6.07) is 0.420. The van der Waals surface area contributed by atoms with E-state index in [1.807, 2.05) is 6.08 Å². The largest absolute Gasteiger partial charge is 0.467 e. The van der Waals surface area contributed by atoms with Gasteiger partial charge in [-0.05, 0) is 19.3 Å². The van der Waals surface area contributed by atoms with Crippen LogP contribution < -0.4 is 0 Å². The molecule has 1 aliphatic heterocycles. The Kier molecular flexibility index (Phi) is 5.65. The highest BCUT2D eigenvalue weighted by Gasteiger charge is 2.30. The second kappa shape index (κ2) is 6.77. The van der Waals surface area contributed by atoms with Crippen molar-refractivity contribution in [1.29, 1.82) is 0 Å². The molecule has 0 aromatic heterocycles. The standard InChI is InChI=1S/C13H23NO3/c1-5-6-10(2)11(3)14-7-8-17-12(9-14)13(15)16-4/h5,10-12H,1,6-9H2,2-4H3/t10-,11+,12+/m0/s1. The first-order valence-electron chi connectivity index (χ1n) is 6.14. The van der Waals surface area contributed by atoms with E-state index in [4.69, 9.17) is 9.47 Å². The number of allylic oxidation sites excluding steroid dienone is 1. The number of morpholine rings is 1. The van der Waals surface area contributed by atoms with Gasteiger partial charge in [0.15, 0.2) is 6.10 Å². The Morgan fingerprint density at radius 2 is 2.35 bits per heavy atom. The Labute approximate surface area is 104 Å². The fourth-order valence-corrected chi connectivity index (χ4v) is 2.13. The van der Waals surface area contributed by atoms with Crippen molar-refractivity contribution in [2.75, 3.05) is 26.8 Å². The van der Waals surface area contributed by atoms with Crippen molar-refractivity contribution < 1.29 is 14.3 Å². The average Bonchev–Trinajstić information content (AvgIpc) is 2.37. The Balaban J connectivity index is 2.53. The van der Waals surface area contributed by atoms with Gasteiger partial charge in [-0.3, -0.25) is 4.90 Å². The van der Waals surface area contributed by atoms with E-state index in [2.05, 4.69) is 25.3 Å². The van der Waals surface area contributed by atoms with E-state index in [-0.39, 0.29) is 5.97 Å². The number of ether oxygens (including phenoxy) is 2. The fourth-order valence-electron chi connectivity index (χ4n) is 2.13. The highest BCUT2D eigenvalue weighted by Crippen LogP contribution is 2.18. The lowest BCUT2D eigenvalue weighted by Gasteiger charge is -2.38. The summed E-state index contributed by atoms with van der Waals surface area (Å²) in [4.78, 5) is 13.7. The van der Waals surface area contributed by atoms with Crippen LogP contribution in [0.15, 0.2) is 12.7 Å². The van der Waals surface area contributed by atoms with Gasteiger partial charge >= 0.3 is 5.97 Å². The van der Waals surface area contributed by atoms with Crippen LogP contribution in [0.1, 0.15) is 20.3 Å². The number of methoxy groups -OCH3 is 1. The smallest absolute Gasteiger partial charge is 0.336 e. The Bertz CT molecular complexity index is 267. The quantitative estimate of drug-likeness (QED) is 0.539. The molecule has 1 saturated heterocycles. The van der Waals surface area contributed by atoms with Crippen LogP contribution in [0.4, 0.5) is 0 Å². The summed E-state index contributed by atoms with van der Waals surface area (Å²) in [7, 11) is 1.40. The summed E-state index contributed by atoms with van der Waals surface area (Å²) in [5.41, 5.74) is 0. The third-order valence-electron chi connectivity index (χ3n) is 3.50. The molecule has 17 heavy (non-hydrogen) atoms. The van der Waals surface area contributed by atoms with Gasteiger partial charge in [0.1, 0.15) is 0 Å². The minimum absolute atomic E-state index is 0.279. The molecular formula is C13H23NO3. The average molecular weight is 241 g/mol. The van der Waals surface area contributed by atoms with Gasteiger partial charge in [0, 0.05) is 19.1 Å². The highest BCUT2D eigenvalue weighted by molar-refractivity contribution is 5.74. The maximum atomic E-state index is 11.4. The van der Waals surface area contributed by atoms with Crippen LogP contribution in [0.3, 0.4) is 0 Å². The Hall–Kier alpha value is -0.870. The molecule has 0 aromatic carbocycles. The van der Waals surface area contributed by atoms with Crippen molar-refractivity contribution in [2.45, 2.75) is 32.4 Å². The van der Waals surface area contributed by atoms with E-state index in [0.29, 0.717) is 25.1 Å². The summed E-state index contributed by atoms with van der Waals surface area (Å²) in [5, 5.41) is 0. The molecule has 0 unspecified atom stereocenters. The zero-order valence-electron chi connectivity index (χ0n) is 11.0. The van der Waals surface area contributed by atoms with Crippen LogP contribution in [-0.2, 0) is 14.3 Å². The molecule has 0 aromatic rings. The summed E-state index contributed by atoms with van der Waals surface area (Å²) in [6.07, 6.45) is 2.49. The molecule has 3 atom stereocenters. The van der Waals surface area contributed by atoms with Crippen molar-refractivity contribution in [3.63, 3.8) is 0 Å². The SMILES string of the molecule is C=CC[C@H](C)[C@@H](C)N1CCO[C@@H](C(=O)OC)C1. The highest BCUT2D eigenvalue weighted by atomic mass is 16.6. The first-order chi connectivity index (χ1) is 8.10. The van der Waals surface area contributed by atoms with Gasteiger partial charge in [0.2, 0.25) is 0 Å². The van der Waals surface area contributed by atoms with E-state index >= 15 is 0 Å². The molecule has 1 aliphatic rings. The van der Waals surface area contributed by atoms with Crippen LogP contribution in [0, 0.1) is 5.92 Å². The topological polar surface area (TPSA) is 38.8 Å². The molecule has 0 N–H and O–H groups in total. The number of rotatable bonds is 5. The zero-order chi connectivity index (χ0) is 12.8. The van der Waals surface area contributed by atoms with Crippen LogP contribution in [0.25, 0.3) is 0 Å². The minimum Gasteiger partial charge on any atom is -0.467 e. The molecule has 0 saturated carbocycles. The second-order valence-corrected chi connectivity index (χ2v) is 4.62. The maximum absolute atomic E-state index is 11.4.